The van der Waals surface area contributed by atoms with Gasteiger partial charge in [0.25, 0.3) is 5.92 Å². The molecular formula is C27H41F2N3O2. The average molecular weight is 478 g/mol. The third-order valence-electron chi connectivity index (χ3n) is 10.2. The topological polar surface area (TPSA) is 45.1 Å². The number of carbonyl (C=O) groups is 1. The molecule has 2 saturated heterocycles. The summed E-state index contributed by atoms with van der Waals surface area (Å²) in [4.78, 5) is 22.7. The lowest BCUT2D eigenvalue weighted by Gasteiger charge is -2.51. The molecule has 0 spiro atoms. The minimum atomic E-state index is -2.46. The van der Waals surface area contributed by atoms with Crippen molar-refractivity contribution in [1.29, 1.82) is 0 Å². The van der Waals surface area contributed by atoms with Crippen molar-refractivity contribution in [3.8, 4) is 0 Å². The summed E-state index contributed by atoms with van der Waals surface area (Å²) in [6, 6.07) is 0.794. The summed E-state index contributed by atoms with van der Waals surface area (Å²) in [5, 5.41) is 0. The lowest BCUT2D eigenvalue weighted by atomic mass is 9.57. The number of carbonyl (C=O) groups excluding carboxylic acids is 1. The van der Waals surface area contributed by atoms with Crippen LogP contribution in [0.3, 0.4) is 0 Å². The van der Waals surface area contributed by atoms with E-state index < -0.39 is 5.92 Å². The Bertz CT molecular complexity index is 770. The molecule has 0 bridgehead atoms. The van der Waals surface area contributed by atoms with Gasteiger partial charge in [0.1, 0.15) is 0 Å². The summed E-state index contributed by atoms with van der Waals surface area (Å²) in [5.41, 5.74) is 0. The molecule has 0 N–H and O–H groups in total. The SMILES string of the molecule is O=C1C2CC(CC3CCC(N4CC(F)(F)C4)CC3)C3CCCCC3C2N=CN1C1CCOCC1. The fourth-order valence-electron chi connectivity index (χ4n) is 8.48. The number of ether oxygens (including phenoxy) is 1. The molecule has 6 rings (SSSR count). The van der Waals surface area contributed by atoms with E-state index in [0.717, 1.165) is 58.2 Å². The molecule has 3 heterocycles. The van der Waals surface area contributed by atoms with Gasteiger partial charge in [-0.1, -0.05) is 12.8 Å². The normalized spacial score (nSPS) is 43.2. The minimum absolute atomic E-state index is 0.0377. The molecule has 7 heteroatoms. The van der Waals surface area contributed by atoms with Gasteiger partial charge in [-0.2, -0.15) is 0 Å². The maximum Gasteiger partial charge on any atom is 0.272 e. The molecule has 0 aromatic heterocycles. The van der Waals surface area contributed by atoms with Gasteiger partial charge in [0, 0.05) is 25.3 Å². The Morgan fingerprint density at radius 1 is 0.941 bits per heavy atom. The number of nitrogens with zero attached hydrogens (tertiary/aromatic N) is 3. The molecule has 1 amide bonds. The van der Waals surface area contributed by atoms with Crippen molar-refractivity contribution in [2.45, 2.75) is 101 Å². The van der Waals surface area contributed by atoms with Gasteiger partial charge in [-0.05, 0) is 87.9 Å². The van der Waals surface area contributed by atoms with Crippen molar-refractivity contribution in [2.75, 3.05) is 26.3 Å². The fraction of sp³-hybridized carbons (Fsp3) is 0.926. The number of likely N-dealkylation sites (tertiary alicyclic amines) is 1. The van der Waals surface area contributed by atoms with Crippen molar-refractivity contribution in [1.82, 2.24) is 9.80 Å². The molecule has 0 radical (unpaired) electrons. The van der Waals surface area contributed by atoms with Crippen LogP contribution in [-0.4, -0.2) is 72.4 Å². The standard InChI is InChI=1S/C27H41F2N3O2/c28-27(29)15-31(16-27)20-7-5-18(6-8-20)13-19-14-24-25(23-4-2-1-3-22(19)23)30-17-32(26(24)33)21-9-11-34-12-10-21/h17-25H,1-16H2. The van der Waals surface area contributed by atoms with E-state index in [-0.39, 0.29) is 31.1 Å². The molecule has 0 aromatic carbocycles. The summed E-state index contributed by atoms with van der Waals surface area (Å²) in [5.74, 6) is 0.501. The van der Waals surface area contributed by atoms with Crippen molar-refractivity contribution in [2.24, 2.45) is 34.6 Å². The van der Waals surface area contributed by atoms with E-state index in [1.807, 2.05) is 16.1 Å². The second kappa shape index (κ2) is 9.42. The Morgan fingerprint density at radius 2 is 1.65 bits per heavy atom. The summed E-state index contributed by atoms with van der Waals surface area (Å²) in [7, 11) is 0. The van der Waals surface area contributed by atoms with Crippen LogP contribution >= 0.6 is 0 Å². The van der Waals surface area contributed by atoms with Crippen molar-refractivity contribution in [3.63, 3.8) is 0 Å². The Kier molecular flexibility index (Phi) is 6.46. The number of halogens is 2. The smallest absolute Gasteiger partial charge is 0.272 e. The van der Waals surface area contributed by atoms with Gasteiger partial charge >= 0.3 is 0 Å². The molecular weight excluding hydrogens is 436 g/mol. The average Bonchev–Trinajstić information content (AvgIpc) is 2.84. The highest BCUT2D eigenvalue weighted by Gasteiger charge is 2.51. The molecule has 34 heavy (non-hydrogen) atoms. The maximum absolute atomic E-state index is 13.7. The highest BCUT2D eigenvalue weighted by Crippen LogP contribution is 2.51. The zero-order valence-corrected chi connectivity index (χ0v) is 20.4. The highest BCUT2D eigenvalue weighted by atomic mass is 19.3. The second-order valence-electron chi connectivity index (χ2n) is 12.2. The van der Waals surface area contributed by atoms with Crippen LogP contribution in [0.5, 0.6) is 0 Å². The quantitative estimate of drug-likeness (QED) is 0.587. The number of alkyl halides is 2. The van der Waals surface area contributed by atoms with Gasteiger partial charge in [-0.3, -0.25) is 19.6 Å². The van der Waals surface area contributed by atoms with E-state index >= 15 is 0 Å². The Labute approximate surface area is 202 Å². The van der Waals surface area contributed by atoms with Crippen molar-refractivity contribution < 1.29 is 18.3 Å². The molecule has 3 aliphatic carbocycles. The third-order valence-corrected chi connectivity index (χ3v) is 10.2. The lowest BCUT2D eigenvalue weighted by molar-refractivity contribution is -0.151. The van der Waals surface area contributed by atoms with E-state index in [9.17, 15) is 13.6 Å². The molecule has 3 aliphatic heterocycles. The molecule has 5 fully saturated rings. The third kappa shape index (κ3) is 4.44. The zero-order valence-electron chi connectivity index (χ0n) is 20.4. The fourth-order valence-corrected chi connectivity index (χ4v) is 8.48. The van der Waals surface area contributed by atoms with Crippen LogP contribution < -0.4 is 0 Å². The molecule has 5 unspecified atom stereocenters. The van der Waals surface area contributed by atoms with Gasteiger partial charge in [0.15, 0.2) is 0 Å². The first-order valence-electron chi connectivity index (χ1n) is 14.0. The van der Waals surface area contributed by atoms with E-state index in [1.165, 1.54) is 32.1 Å². The Hall–Kier alpha value is -1.08. The van der Waals surface area contributed by atoms with Gasteiger partial charge in [0.05, 0.1) is 31.4 Å². The van der Waals surface area contributed by atoms with Crippen LogP contribution in [0.4, 0.5) is 8.78 Å². The van der Waals surface area contributed by atoms with Gasteiger partial charge in [0.2, 0.25) is 5.91 Å². The van der Waals surface area contributed by atoms with Gasteiger partial charge in [-0.25, -0.2) is 8.78 Å². The van der Waals surface area contributed by atoms with E-state index in [2.05, 4.69) is 0 Å². The van der Waals surface area contributed by atoms with Gasteiger partial charge in [-0.15, -0.1) is 0 Å². The Balaban J connectivity index is 1.11. The van der Waals surface area contributed by atoms with Crippen LogP contribution in [0, 0.1) is 29.6 Å². The van der Waals surface area contributed by atoms with Crippen molar-refractivity contribution >= 4 is 12.2 Å². The number of fused-ring (bicyclic) bond motifs is 3. The van der Waals surface area contributed by atoms with E-state index in [4.69, 9.17) is 9.73 Å². The second-order valence-corrected chi connectivity index (χ2v) is 12.2. The number of hydrogen-bond donors (Lipinski definition) is 0. The van der Waals surface area contributed by atoms with Crippen LogP contribution in [-0.2, 0) is 9.53 Å². The van der Waals surface area contributed by atoms with Crippen molar-refractivity contribution in [3.05, 3.63) is 0 Å². The van der Waals surface area contributed by atoms with Crippen LogP contribution in [0.15, 0.2) is 4.99 Å². The lowest BCUT2D eigenvalue weighted by Crippen LogP contribution is -2.60. The molecule has 0 aromatic rings. The summed E-state index contributed by atoms with van der Waals surface area (Å²) >= 11 is 0. The highest BCUT2D eigenvalue weighted by molar-refractivity contribution is 5.92. The summed E-state index contributed by atoms with van der Waals surface area (Å²) < 4.78 is 32.1. The minimum Gasteiger partial charge on any atom is -0.381 e. The number of aliphatic imine (C=N–C) groups is 1. The first-order valence-corrected chi connectivity index (χ1v) is 14.0. The van der Waals surface area contributed by atoms with Crippen LogP contribution in [0.25, 0.3) is 0 Å². The summed E-state index contributed by atoms with van der Waals surface area (Å²) in [6.07, 6.45) is 15.5. The predicted octanol–water partition coefficient (Wildman–Crippen LogP) is 4.75. The van der Waals surface area contributed by atoms with Crippen LogP contribution in [0.2, 0.25) is 0 Å². The van der Waals surface area contributed by atoms with E-state index in [0.29, 0.717) is 35.6 Å². The molecule has 6 aliphatic rings. The number of hydrogen-bond acceptors (Lipinski definition) is 4. The first kappa shape index (κ1) is 23.3. The first-order chi connectivity index (χ1) is 16.5. The molecule has 190 valence electrons. The zero-order chi connectivity index (χ0) is 23.3. The largest absolute Gasteiger partial charge is 0.381 e. The maximum atomic E-state index is 13.7. The predicted molar refractivity (Wildman–Crippen MR) is 127 cm³/mol. The van der Waals surface area contributed by atoms with Gasteiger partial charge < -0.3 is 4.74 Å². The molecule has 5 nitrogen and oxygen atoms in total. The number of rotatable bonds is 4. The van der Waals surface area contributed by atoms with Crippen LogP contribution in [0.1, 0.15) is 77.0 Å². The molecule has 3 saturated carbocycles. The monoisotopic (exact) mass is 477 g/mol. The summed E-state index contributed by atoms with van der Waals surface area (Å²) in [6.45, 7) is 1.40. The number of amides is 1. The van der Waals surface area contributed by atoms with E-state index in [1.54, 1.807) is 0 Å². The Morgan fingerprint density at radius 3 is 2.35 bits per heavy atom. The molecule has 5 atom stereocenters.